The number of nitrogens with one attached hydrogen (secondary N) is 2. The van der Waals surface area contributed by atoms with Gasteiger partial charge in [0.2, 0.25) is 5.91 Å². The van der Waals surface area contributed by atoms with Crippen LogP contribution in [0.25, 0.3) is 0 Å². The Bertz CT molecular complexity index is 372. The fourth-order valence-corrected chi connectivity index (χ4v) is 2.68. The van der Waals surface area contributed by atoms with Gasteiger partial charge >= 0.3 is 0 Å². The van der Waals surface area contributed by atoms with E-state index in [4.69, 9.17) is 4.74 Å². The highest BCUT2D eigenvalue weighted by Gasteiger charge is 2.27. The molecule has 0 aromatic carbocycles. The molecule has 0 spiro atoms. The SMILES string of the molecule is CCNC(=NCCCCCOC)NC1CCN(C(=O)C(C)C)C1. The Morgan fingerprint density at radius 3 is 2.78 bits per heavy atom. The molecule has 0 aromatic heterocycles. The Hall–Kier alpha value is -1.30. The first-order valence-electron chi connectivity index (χ1n) is 8.91. The third-order valence-electron chi connectivity index (χ3n) is 3.96. The van der Waals surface area contributed by atoms with E-state index in [1.807, 2.05) is 18.7 Å². The number of carbonyl (C=O) groups excluding carboxylic acids is 1. The average Bonchev–Trinajstić information content (AvgIpc) is 2.98. The van der Waals surface area contributed by atoms with Crippen molar-refractivity contribution >= 4 is 11.9 Å². The minimum atomic E-state index is 0.0720. The van der Waals surface area contributed by atoms with Crippen LogP contribution in [-0.4, -0.2) is 62.7 Å². The summed E-state index contributed by atoms with van der Waals surface area (Å²) in [6.45, 7) is 10.1. The molecule has 134 valence electrons. The maximum Gasteiger partial charge on any atom is 0.225 e. The summed E-state index contributed by atoms with van der Waals surface area (Å²) in [4.78, 5) is 18.6. The summed E-state index contributed by atoms with van der Waals surface area (Å²) in [7, 11) is 1.74. The standard InChI is InChI=1S/C17H34N4O2/c1-5-18-17(19-10-7-6-8-12-23-4)20-15-9-11-21(13-15)16(22)14(2)3/h14-15H,5-13H2,1-4H3,(H2,18,19,20). The predicted octanol–water partition coefficient (Wildman–Crippen LogP) is 1.62. The molecule has 0 aromatic rings. The Morgan fingerprint density at radius 1 is 1.35 bits per heavy atom. The molecular formula is C17H34N4O2. The minimum absolute atomic E-state index is 0.0720. The third kappa shape index (κ3) is 7.68. The van der Waals surface area contributed by atoms with Crippen molar-refractivity contribution in [2.24, 2.45) is 10.9 Å². The predicted molar refractivity (Wildman–Crippen MR) is 94.7 cm³/mol. The maximum absolute atomic E-state index is 12.0. The van der Waals surface area contributed by atoms with Crippen molar-refractivity contribution in [3.05, 3.63) is 0 Å². The summed E-state index contributed by atoms with van der Waals surface area (Å²) in [5, 5.41) is 6.75. The summed E-state index contributed by atoms with van der Waals surface area (Å²) < 4.78 is 5.05. The largest absolute Gasteiger partial charge is 0.385 e. The molecule has 6 heteroatoms. The monoisotopic (exact) mass is 326 g/mol. The van der Waals surface area contributed by atoms with Gasteiger partial charge in [0.25, 0.3) is 0 Å². The Kier molecular flexibility index (Phi) is 9.67. The topological polar surface area (TPSA) is 66.0 Å². The highest BCUT2D eigenvalue weighted by molar-refractivity contribution is 5.81. The number of nitrogens with zero attached hydrogens (tertiary/aromatic N) is 2. The molecule has 1 rings (SSSR count). The molecule has 1 aliphatic rings. The van der Waals surface area contributed by atoms with Crippen LogP contribution >= 0.6 is 0 Å². The van der Waals surface area contributed by atoms with Crippen molar-refractivity contribution in [3.8, 4) is 0 Å². The molecule has 1 heterocycles. The number of hydrogen-bond donors (Lipinski definition) is 2. The zero-order chi connectivity index (χ0) is 17.1. The number of amides is 1. The molecule has 0 radical (unpaired) electrons. The second kappa shape index (κ2) is 11.3. The van der Waals surface area contributed by atoms with Gasteiger partial charge in [-0.15, -0.1) is 0 Å². The van der Waals surface area contributed by atoms with E-state index in [1.54, 1.807) is 7.11 Å². The van der Waals surface area contributed by atoms with Crippen LogP contribution in [0, 0.1) is 5.92 Å². The van der Waals surface area contributed by atoms with Crippen molar-refractivity contribution < 1.29 is 9.53 Å². The van der Waals surface area contributed by atoms with Gasteiger partial charge in [-0.05, 0) is 32.6 Å². The molecule has 0 saturated carbocycles. The van der Waals surface area contributed by atoms with Gasteiger partial charge in [0.15, 0.2) is 5.96 Å². The molecule has 1 fully saturated rings. The third-order valence-corrected chi connectivity index (χ3v) is 3.96. The van der Waals surface area contributed by atoms with Crippen LogP contribution in [0.3, 0.4) is 0 Å². The smallest absolute Gasteiger partial charge is 0.225 e. The lowest BCUT2D eigenvalue weighted by Gasteiger charge is -2.20. The molecule has 2 N–H and O–H groups in total. The Balaban J connectivity index is 2.36. The van der Waals surface area contributed by atoms with Crippen LogP contribution in [0.4, 0.5) is 0 Å². The van der Waals surface area contributed by atoms with E-state index in [2.05, 4.69) is 22.5 Å². The first-order valence-corrected chi connectivity index (χ1v) is 8.91. The summed E-state index contributed by atoms with van der Waals surface area (Å²) in [5.74, 6) is 1.18. The molecular weight excluding hydrogens is 292 g/mol. The molecule has 1 atom stereocenters. The number of hydrogen-bond acceptors (Lipinski definition) is 3. The van der Waals surface area contributed by atoms with Gasteiger partial charge in [0.1, 0.15) is 0 Å². The van der Waals surface area contributed by atoms with Crippen molar-refractivity contribution in [1.82, 2.24) is 15.5 Å². The number of likely N-dealkylation sites (tertiary alicyclic amines) is 1. The molecule has 1 amide bonds. The number of rotatable bonds is 9. The zero-order valence-corrected chi connectivity index (χ0v) is 15.2. The molecule has 6 nitrogen and oxygen atoms in total. The molecule has 1 unspecified atom stereocenters. The lowest BCUT2D eigenvalue weighted by molar-refractivity contribution is -0.133. The first kappa shape index (κ1) is 19.7. The highest BCUT2D eigenvalue weighted by atomic mass is 16.5. The number of methoxy groups -OCH3 is 1. The molecule has 0 bridgehead atoms. The van der Waals surface area contributed by atoms with Gasteiger partial charge in [-0.1, -0.05) is 13.8 Å². The summed E-state index contributed by atoms with van der Waals surface area (Å²) in [6.07, 6.45) is 4.28. The number of aliphatic imine (C=N–C) groups is 1. The first-order chi connectivity index (χ1) is 11.1. The molecule has 0 aliphatic carbocycles. The Labute approximate surface area is 141 Å². The number of unbranched alkanes of at least 4 members (excludes halogenated alkanes) is 2. The number of carbonyl (C=O) groups is 1. The lowest BCUT2D eigenvalue weighted by Crippen LogP contribution is -2.45. The van der Waals surface area contributed by atoms with Crippen LogP contribution in [0.5, 0.6) is 0 Å². The fraction of sp³-hybridized carbons (Fsp3) is 0.882. The highest BCUT2D eigenvalue weighted by Crippen LogP contribution is 2.12. The van der Waals surface area contributed by atoms with Gasteiger partial charge in [-0.2, -0.15) is 0 Å². The zero-order valence-electron chi connectivity index (χ0n) is 15.2. The lowest BCUT2D eigenvalue weighted by atomic mass is 10.2. The average molecular weight is 326 g/mol. The van der Waals surface area contributed by atoms with Crippen LogP contribution in [0.2, 0.25) is 0 Å². The van der Waals surface area contributed by atoms with E-state index in [9.17, 15) is 4.79 Å². The summed E-state index contributed by atoms with van der Waals surface area (Å²) in [6, 6.07) is 0.295. The number of guanidine groups is 1. The van der Waals surface area contributed by atoms with Gasteiger partial charge in [-0.25, -0.2) is 0 Å². The second-order valence-corrected chi connectivity index (χ2v) is 6.38. The molecule has 23 heavy (non-hydrogen) atoms. The van der Waals surface area contributed by atoms with E-state index < -0.39 is 0 Å². The molecule has 1 aliphatic heterocycles. The number of ether oxygens (including phenoxy) is 1. The van der Waals surface area contributed by atoms with Gasteiger partial charge in [0.05, 0.1) is 0 Å². The summed E-state index contributed by atoms with van der Waals surface area (Å²) >= 11 is 0. The summed E-state index contributed by atoms with van der Waals surface area (Å²) in [5.41, 5.74) is 0. The second-order valence-electron chi connectivity index (χ2n) is 6.38. The minimum Gasteiger partial charge on any atom is -0.385 e. The van der Waals surface area contributed by atoms with Crippen molar-refractivity contribution in [2.75, 3.05) is 39.9 Å². The van der Waals surface area contributed by atoms with Crippen molar-refractivity contribution in [3.63, 3.8) is 0 Å². The van der Waals surface area contributed by atoms with Crippen molar-refractivity contribution in [1.29, 1.82) is 0 Å². The van der Waals surface area contributed by atoms with Crippen LogP contribution < -0.4 is 10.6 Å². The maximum atomic E-state index is 12.0. The van der Waals surface area contributed by atoms with E-state index >= 15 is 0 Å². The van der Waals surface area contributed by atoms with Crippen LogP contribution in [-0.2, 0) is 9.53 Å². The Morgan fingerprint density at radius 2 is 2.13 bits per heavy atom. The van der Waals surface area contributed by atoms with Gasteiger partial charge < -0.3 is 20.3 Å². The van der Waals surface area contributed by atoms with Gasteiger partial charge in [0, 0.05) is 51.9 Å². The molecule has 1 saturated heterocycles. The normalized spacial score (nSPS) is 18.6. The fourth-order valence-electron chi connectivity index (χ4n) is 2.68. The van der Waals surface area contributed by atoms with Crippen LogP contribution in [0.1, 0.15) is 46.5 Å². The van der Waals surface area contributed by atoms with E-state index in [1.165, 1.54) is 0 Å². The van der Waals surface area contributed by atoms with Gasteiger partial charge in [-0.3, -0.25) is 9.79 Å². The van der Waals surface area contributed by atoms with E-state index in [0.717, 1.165) is 64.4 Å². The van der Waals surface area contributed by atoms with E-state index in [0.29, 0.717) is 6.04 Å². The van der Waals surface area contributed by atoms with Crippen LogP contribution in [0.15, 0.2) is 4.99 Å². The van der Waals surface area contributed by atoms with Crippen molar-refractivity contribution in [2.45, 2.75) is 52.5 Å². The quantitative estimate of drug-likeness (QED) is 0.384. The van der Waals surface area contributed by atoms with E-state index in [-0.39, 0.29) is 11.8 Å².